The topological polar surface area (TPSA) is 101 Å². The third kappa shape index (κ3) is 4.16. The Labute approximate surface area is 129 Å². The zero-order valence-electron chi connectivity index (χ0n) is 12.4. The number of nitrogens with two attached hydrogens (primary N) is 1. The van der Waals surface area contributed by atoms with Gasteiger partial charge in [-0.1, -0.05) is 24.3 Å². The number of primary amides is 1. The van der Waals surface area contributed by atoms with Gasteiger partial charge in [0.2, 0.25) is 0 Å². The number of hydrogen-bond acceptors (Lipinski definition) is 4. The number of aromatic nitrogens is 2. The molecule has 0 radical (unpaired) electrons. The van der Waals surface area contributed by atoms with Crippen molar-refractivity contribution >= 4 is 5.91 Å². The number of carbonyl (C=O) groups is 1. The van der Waals surface area contributed by atoms with E-state index in [0.717, 1.165) is 17.5 Å². The molecular formula is C16H21N3O3. The molecule has 0 saturated carbocycles. The van der Waals surface area contributed by atoms with Crippen molar-refractivity contribution < 1.29 is 15.0 Å². The second-order valence-corrected chi connectivity index (χ2v) is 5.24. The van der Waals surface area contributed by atoms with E-state index in [9.17, 15) is 9.90 Å². The number of benzene rings is 1. The van der Waals surface area contributed by atoms with E-state index in [1.165, 1.54) is 6.33 Å². The molecule has 0 spiro atoms. The van der Waals surface area contributed by atoms with Crippen molar-refractivity contribution in [1.82, 2.24) is 9.55 Å². The van der Waals surface area contributed by atoms with Crippen LogP contribution in [0.2, 0.25) is 0 Å². The molecule has 1 amide bonds. The van der Waals surface area contributed by atoms with Crippen molar-refractivity contribution in [1.29, 1.82) is 0 Å². The van der Waals surface area contributed by atoms with Gasteiger partial charge in [-0.15, -0.1) is 0 Å². The molecule has 0 aliphatic carbocycles. The zero-order chi connectivity index (χ0) is 15.9. The van der Waals surface area contributed by atoms with Crippen LogP contribution in [0, 0.1) is 0 Å². The van der Waals surface area contributed by atoms with E-state index in [2.05, 4.69) is 11.1 Å². The normalized spacial score (nSPS) is 12.3. The number of carbonyl (C=O) groups excluding carboxylic acids is 1. The quantitative estimate of drug-likeness (QED) is 0.667. The molecule has 4 N–H and O–H groups in total. The van der Waals surface area contributed by atoms with E-state index < -0.39 is 5.91 Å². The molecule has 6 nitrogen and oxygen atoms in total. The minimum atomic E-state index is -0.577. The van der Waals surface area contributed by atoms with Crippen molar-refractivity contribution in [2.75, 3.05) is 13.2 Å². The van der Waals surface area contributed by atoms with Crippen LogP contribution in [0.15, 0.2) is 36.8 Å². The first-order valence-corrected chi connectivity index (χ1v) is 7.27. The molecule has 0 bridgehead atoms. The maximum Gasteiger partial charge on any atom is 0.268 e. The highest BCUT2D eigenvalue weighted by atomic mass is 16.3. The highest BCUT2D eigenvalue weighted by Crippen LogP contribution is 2.16. The van der Waals surface area contributed by atoms with Gasteiger partial charge in [0.05, 0.1) is 19.0 Å². The van der Waals surface area contributed by atoms with Gasteiger partial charge in [0, 0.05) is 12.8 Å². The first-order chi connectivity index (χ1) is 10.6. The second kappa shape index (κ2) is 7.72. The summed E-state index contributed by atoms with van der Waals surface area (Å²) in [5, 5.41) is 18.5. The van der Waals surface area contributed by atoms with E-state index in [-0.39, 0.29) is 24.9 Å². The Hall–Kier alpha value is -2.18. The average Bonchev–Trinajstić information content (AvgIpc) is 2.99. The van der Waals surface area contributed by atoms with Gasteiger partial charge in [-0.2, -0.15) is 0 Å². The van der Waals surface area contributed by atoms with Crippen LogP contribution < -0.4 is 5.73 Å². The highest BCUT2D eigenvalue weighted by molar-refractivity contribution is 5.90. The van der Waals surface area contributed by atoms with E-state index >= 15 is 0 Å². The first-order valence-electron chi connectivity index (χ1n) is 7.27. The lowest BCUT2D eigenvalue weighted by atomic mass is 10.0. The smallest absolute Gasteiger partial charge is 0.268 e. The molecule has 0 aliphatic heterocycles. The number of rotatable bonds is 8. The van der Waals surface area contributed by atoms with Crippen LogP contribution in [-0.4, -0.2) is 38.9 Å². The van der Waals surface area contributed by atoms with Crippen LogP contribution in [0.1, 0.15) is 34.1 Å². The summed E-state index contributed by atoms with van der Waals surface area (Å²) >= 11 is 0. The maximum atomic E-state index is 11.1. The van der Waals surface area contributed by atoms with Crippen LogP contribution in [0.3, 0.4) is 0 Å². The van der Waals surface area contributed by atoms with Crippen molar-refractivity contribution in [3.05, 3.63) is 53.6 Å². The first kappa shape index (κ1) is 16.2. The van der Waals surface area contributed by atoms with Crippen molar-refractivity contribution in [3.63, 3.8) is 0 Å². The van der Waals surface area contributed by atoms with E-state index in [4.69, 9.17) is 10.8 Å². The third-order valence-corrected chi connectivity index (χ3v) is 3.64. The van der Waals surface area contributed by atoms with Crippen LogP contribution >= 0.6 is 0 Å². The molecule has 1 aromatic heterocycles. The molecule has 0 fully saturated rings. The summed E-state index contributed by atoms with van der Waals surface area (Å²) in [6, 6.07) is 7.89. The van der Waals surface area contributed by atoms with Crippen molar-refractivity contribution in [3.8, 4) is 0 Å². The number of nitrogens with zero attached hydrogens (tertiary/aromatic N) is 2. The summed E-state index contributed by atoms with van der Waals surface area (Å²) in [4.78, 5) is 15.0. The minimum absolute atomic E-state index is 0.0368. The predicted octanol–water partition coefficient (Wildman–Crippen LogP) is 0.683. The van der Waals surface area contributed by atoms with Crippen LogP contribution in [0.25, 0.3) is 0 Å². The van der Waals surface area contributed by atoms with Crippen molar-refractivity contribution in [2.24, 2.45) is 5.73 Å². The number of aliphatic hydroxyl groups excluding tert-OH is 2. The van der Waals surface area contributed by atoms with Gasteiger partial charge in [0.15, 0.2) is 0 Å². The predicted molar refractivity (Wildman–Crippen MR) is 82.4 cm³/mol. The molecule has 2 aromatic rings. The third-order valence-electron chi connectivity index (χ3n) is 3.64. The highest BCUT2D eigenvalue weighted by Gasteiger charge is 2.13. The average molecular weight is 303 g/mol. The summed E-state index contributed by atoms with van der Waals surface area (Å²) in [6.45, 7) is 0.0958. The number of amides is 1. The van der Waals surface area contributed by atoms with Gasteiger partial charge >= 0.3 is 0 Å². The molecule has 1 unspecified atom stereocenters. The molecule has 0 saturated heterocycles. The lowest BCUT2D eigenvalue weighted by molar-refractivity contribution is 0.0995. The number of aliphatic hydroxyl groups is 2. The Morgan fingerprint density at radius 3 is 2.59 bits per heavy atom. The molecule has 0 aliphatic rings. The molecule has 22 heavy (non-hydrogen) atoms. The van der Waals surface area contributed by atoms with Crippen LogP contribution in [0.5, 0.6) is 0 Å². The lowest BCUT2D eigenvalue weighted by Gasteiger charge is -2.15. The molecule has 2 rings (SSSR count). The molecule has 6 heteroatoms. The van der Waals surface area contributed by atoms with E-state index in [1.807, 2.05) is 18.2 Å². The summed E-state index contributed by atoms with van der Waals surface area (Å²) in [5.41, 5.74) is 7.63. The summed E-state index contributed by atoms with van der Waals surface area (Å²) in [5.74, 6) is -0.577. The summed E-state index contributed by atoms with van der Waals surface area (Å²) in [6.07, 6.45) is 5.22. The number of aryl methyl sites for hydroxylation is 1. The fourth-order valence-electron chi connectivity index (χ4n) is 2.40. The van der Waals surface area contributed by atoms with Crippen LogP contribution in [0.4, 0.5) is 0 Å². The van der Waals surface area contributed by atoms with Gasteiger partial charge in [0.25, 0.3) is 5.91 Å². The van der Waals surface area contributed by atoms with Crippen molar-refractivity contribution in [2.45, 2.75) is 25.3 Å². The van der Waals surface area contributed by atoms with Gasteiger partial charge < -0.3 is 20.5 Å². The summed E-state index contributed by atoms with van der Waals surface area (Å²) < 4.78 is 1.72. The SMILES string of the molecule is NC(=O)c1cn(C(CO)CCc2cccc(CCO)c2)cn1. The minimum Gasteiger partial charge on any atom is -0.396 e. The van der Waals surface area contributed by atoms with Gasteiger partial charge in [-0.25, -0.2) is 4.98 Å². The standard InChI is InChI=1S/C16H21N3O3/c17-16(22)15-9-19(11-18-15)14(10-21)5-4-12-2-1-3-13(8-12)6-7-20/h1-3,8-9,11,14,20-21H,4-7,10H2,(H2,17,22). The fraction of sp³-hybridized carbons (Fsp3) is 0.375. The number of imidazole rings is 1. The molecule has 118 valence electrons. The Kier molecular flexibility index (Phi) is 5.68. The Morgan fingerprint density at radius 1 is 1.27 bits per heavy atom. The Morgan fingerprint density at radius 2 is 2.00 bits per heavy atom. The Balaban J connectivity index is 2.01. The van der Waals surface area contributed by atoms with E-state index in [0.29, 0.717) is 12.8 Å². The van der Waals surface area contributed by atoms with E-state index in [1.54, 1.807) is 10.8 Å². The maximum absolute atomic E-state index is 11.1. The van der Waals surface area contributed by atoms with Gasteiger partial charge in [-0.3, -0.25) is 4.79 Å². The largest absolute Gasteiger partial charge is 0.396 e. The molecule has 1 atom stereocenters. The van der Waals surface area contributed by atoms with Gasteiger partial charge in [-0.05, 0) is 30.4 Å². The summed E-state index contributed by atoms with van der Waals surface area (Å²) in [7, 11) is 0. The Bertz CT molecular complexity index is 625. The molecule has 1 aromatic carbocycles. The second-order valence-electron chi connectivity index (χ2n) is 5.24. The van der Waals surface area contributed by atoms with Gasteiger partial charge in [0.1, 0.15) is 5.69 Å². The molecular weight excluding hydrogens is 282 g/mol. The number of hydrogen-bond donors (Lipinski definition) is 3. The lowest BCUT2D eigenvalue weighted by Crippen LogP contribution is -2.14. The van der Waals surface area contributed by atoms with Crippen LogP contribution in [-0.2, 0) is 12.8 Å². The zero-order valence-corrected chi connectivity index (χ0v) is 12.4. The molecule has 1 heterocycles. The monoisotopic (exact) mass is 303 g/mol. The fourth-order valence-corrected chi connectivity index (χ4v) is 2.40.